The summed E-state index contributed by atoms with van der Waals surface area (Å²) in [5.41, 5.74) is 0.399. The van der Waals surface area contributed by atoms with Crippen molar-refractivity contribution in [2.45, 2.75) is 19.6 Å². The molecule has 0 spiro atoms. The van der Waals surface area contributed by atoms with E-state index in [1.807, 2.05) is 6.92 Å². The molecular formula is C12H12ClFN2O. The van der Waals surface area contributed by atoms with Crippen LogP contribution in [0.3, 0.4) is 0 Å². The zero-order chi connectivity index (χ0) is 12.4. The van der Waals surface area contributed by atoms with E-state index in [0.29, 0.717) is 17.9 Å². The van der Waals surface area contributed by atoms with Gasteiger partial charge in [0.2, 0.25) is 0 Å². The molecule has 0 fully saturated rings. The molecule has 1 aromatic carbocycles. The Morgan fingerprint density at radius 2 is 2.24 bits per heavy atom. The highest BCUT2D eigenvalue weighted by atomic mass is 35.5. The maximum atomic E-state index is 13.2. The van der Waals surface area contributed by atoms with Gasteiger partial charge >= 0.3 is 0 Å². The Balaban J connectivity index is 2.39. The highest BCUT2D eigenvalue weighted by Crippen LogP contribution is 2.24. The van der Waals surface area contributed by atoms with Crippen molar-refractivity contribution in [3.63, 3.8) is 0 Å². The Kier molecular flexibility index (Phi) is 3.45. The van der Waals surface area contributed by atoms with E-state index in [1.165, 1.54) is 18.2 Å². The summed E-state index contributed by atoms with van der Waals surface area (Å²) in [7, 11) is 0. The molecule has 17 heavy (non-hydrogen) atoms. The summed E-state index contributed by atoms with van der Waals surface area (Å²) in [6.45, 7) is 2.63. The molecule has 0 aliphatic heterocycles. The first-order chi connectivity index (χ1) is 8.11. The fraction of sp³-hybridized carbons (Fsp3) is 0.250. The minimum absolute atomic E-state index is 0.258. The zero-order valence-corrected chi connectivity index (χ0v) is 10.0. The van der Waals surface area contributed by atoms with E-state index >= 15 is 0 Å². The van der Waals surface area contributed by atoms with Crippen molar-refractivity contribution in [3.05, 3.63) is 52.8 Å². The number of rotatable bonds is 3. The van der Waals surface area contributed by atoms with Crippen LogP contribution in [0, 0.1) is 5.82 Å². The molecule has 0 aliphatic carbocycles. The van der Waals surface area contributed by atoms with Crippen LogP contribution in [0.25, 0.3) is 0 Å². The van der Waals surface area contributed by atoms with Crippen LogP contribution in [-0.2, 0) is 6.54 Å². The molecule has 0 bridgehead atoms. The van der Waals surface area contributed by atoms with Crippen molar-refractivity contribution in [1.82, 2.24) is 9.55 Å². The highest BCUT2D eigenvalue weighted by molar-refractivity contribution is 6.30. The lowest BCUT2D eigenvalue weighted by Gasteiger charge is -2.12. The van der Waals surface area contributed by atoms with Crippen molar-refractivity contribution >= 4 is 11.6 Å². The number of nitrogens with zero attached hydrogens (tertiary/aromatic N) is 2. The van der Waals surface area contributed by atoms with Crippen LogP contribution in [0.5, 0.6) is 0 Å². The summed E-state index contributed by atoms with van der Waals surface area (Å²) >= 11 is 5.75. The SMILES string of the molecule is CCn1ccnc1C(O)c1cc(F)cc(Cl)c1. The number of benzene rings is 1. The highest BCUT2D eigenvalue weighted by Gasteiger charge is 2.16. The third-order valence-corrected chi connectivity index (χ3v) is 2.75. The van der Waals surface area contributed by atoms with Gasteiger partial charge in [-0.05, 0) is 30.7 Å². The molecule has 1 unspecified atom stereocenters. The van der Waals surface area contributed by atoms with Gasteiger partial charge in [-0.2, -0.15) is 0 Å². The van der Waals surface area contributed by atoms with Crippen molar-refractivity contribution in [2.24, 2.45) is 0 Å². The minimum atomic E-state index is -0.974. The monoisotopic (exact) mass is 254 g/mol. The molecule has 0 radical (unpaired) electrons. The lowest BCUT2D eigenvalue weighted by molar-refractivity contribution is 0.204. The van der Waals surface area contributed by atoms with E-state index in [0.717, 1.165) is 0 Å². The van der Waals surface area contributed by atoms with E-state index in [1.54, 1.807) is 17.0 Å². The number of aliphatic hydroxyl groups excluding tert-OH is 1. The molecular weight excluding hydrogens is 243 g/mol. The summed E-state index contributed by atoms with van der Waals surface area (Å²) in [5, 5.41) is 10.4. The van der Waals surface area contributed by atoms with Gasteiger partial charge in [0.25, 0.3) is 0 Å². The summed E-state index contributed by atoms with van der Waals surface area (Å²) < 4.78 is 15.0. The lowest BCUT2D eigenvalue weighted by atomic mass is 10.1. The van der Waals surface area contributed by atoms with E-state index in [2.05, 4.69) is 4.98 Å². The van der Waals surface area contributed by atoms with Gasteiger partial charge in [-0.15, -0.1) is 0 Å². The van der Waals surface area contributed by atoms with Crippen LogP contribution >= 0.6 is 11.6 Å². The molecule has 90 valence electrons. The maximum Gasteiger partial charge on any atom is 0.142 e. The van der Waals surface area contributed by atoms with Crippen LogP contribution in [0.15, 0.2) is 30.6 Å². The van der Waals surface area contributed by atoms with Crippen LogP contribution in [0.1, 0.15) is 24.4 Å². The first kappa shape index (κ1) is 12.1. The van der Waals surface area contributed by atoms with E-state index in [-0.39, 0.29) is 5.02 Å². The summed E-state index contributed by atoms with van der Waals surface area (Å²) in [4.78, 5) is 4.07. The standard InChI is InChI=1S/C12H12ClFN2O/c1-2-16-4-3-15-12(16)11(17)8-5-9(13)7-10(14)6-8/h3-7,11,17H,2H2,1H3. The quantitative estimate of drug-likeness (QED) is 0.915. The lowest BCUT2D eigenvalue weighted by Crippen LogP contribution is -2.09. The molecule has 0 amide bonds. The van der Waals surface area contributed by atoms with Gasteiger partial charge in [0, 0.05) is 24.0 Å². The molecule has 2 aromatic rings. The molecule has 5 heteroatoms. The van der Waals surface area contributed by atoms with Gasteiger partial charge in [0.1, 0.15) is 17.7 Å². The molecule has 1 heterocycles. The molecule has 1 aromatic heterocycles. The zero-order valence-electron chi connectivity index (χ0n) is 9.27. The molecule has 1 N–H and O–H groups in total. The van der Waals surface area contributed by atoms with Crippen LogP contribution in [0.4, 0.5) is 4.39 Å². The molecule has 0 saturated heterocycles. The fourth-order valence-electron chi connectivity index (χ4n) is 1.72. The van der Waals surface area contributed by atoms with Gasteiger partial charge < -0.3 is 9.67 Å². The second-order valence-corrected chi connectivity index (χ2v) is 4.11. The molecule has 0 saturated carbocycles. The Hall–Kier alpha value is -1.39. The minimum Gasteiger partial charge on any atom is -0.380 e. The average Bonchev–Trinajstić information content (AvgIpc) is 2.74. The smallest absolute Gasteiger partial charge is 0.142 e. The number of halogens is 2. The molecule has 2 rings (SSSR count). The topological polar surface area (TPSA) is 38.0 Å². The second kappa shape index (κ2) is 4.85. The van der Waals surface area contributed by atoms with Crippen molar-refractivity contribution in [3.8, 4) is 0 Å². The van der Waals surface area contributed by atoms with E-state index in [4.69, 9.17) is 11.6 Å². The Labute approximate surface area is 103 Å². The van der Waals surface area contributed by atoms with Gasteiger partial charge in [0.05, 0.1) is 0 Å². The number of aromatic nitrogens is 2. The first-order valence-corrected chi connectivity index (χ1v) is 5.64. The van der Waals surface area contributed by atoms with Crippen LogP contribution in [0.2, 0.25) is 5.02 Å². The van der Waals surface area contributed by atoms with Gasteiger partial charge in [-0.3, -0.25) is 0 Å². The Morgan fingerprint density at radius 1 is 1.47 bits per heavy atom. The number of hydrogen-bond donors (Lipinski definition) is 1. The van der Waals surface area contributed by atoms with Crippen LogP contribution in [-0.4, -0.2) is 14.7 Å². The predicted octanol–water partition coefficient (Wildman–Crippen LogP) is 2.78. The number of aliphatic hydroxyl groups is 1. The normalized spacial score (nSPS) is 12.7. The average molecular weight is 255 g/mol. The van der Waals surface area contributed by atoms with Crippen molar-refractivity contribution in [2.75, 3.05) is 0 Å². The number of hydrogen-bond acceptors (Lipinski definition) is 2. The first-order valence-electron chi connectivity index (χ1n) is 5.27. The summed E-state index contributed by atoms with van der Waals surface area (Å²) in [6, 6.07) is 3.99. The predicted molar refractivity (Wildman–Crippen MR) is 63.4 cm³/mol. The molecule has 3 nitrogen and oxygen atoms in total. The largest absolute Gasteiger partial charge is 0.380 e. The Morgan fingerprint density at radius 3 is 2.88 bits per heavy atom. The Bertz CT molecular complexity index is 507. The third-order valence-electron chi connectivity index (χ3n) is 2.53. The third kappa shape index (κ3) is 2.48. The van der Waals surface area contributed by atoms with Crippen molar-refractivity contribution < 1.29 is 9.50 Å². The summed E-state index contributed by atoms with van der Waals surface area (Å²) in [6.07, 6.45) is 2.39. The van der Waals surface area contributed by atoms with Gasteiger partial charge in [0.15, 0.2) is 0 Å². The second-order valence-electron chi connectivity index (χ2n) is 3.68. The van der Waals surface area contributed by atoms with Crippen molar-refractivity contribution in [1.29, 1.82) is 0 Å². The molecule has 1 atom stereocenters. The van der Waals surface area contributed by atoms with Gasteiger partial charge in [-0.1, -0.05) is 11.6 Å². The number of imidazole rings is 1. The molecule has 0 aliphatic rings. The van der Waals surface area contributed by atoms with E-state index < -0.39 is 11.9 Å². The number of aryl methyl sites for hydroxylation is 1. The van der Waals surface area contributed by atoms with E-state index in [9.17, 15) is 9.50 Å². The van der Waals surface area contributed by atoms with Crippen LogP contribution < -0.4 is 0 Å². The maximum absolute atomic E-state index is 13.2. The van der Waals surface area contributed by atoms with Gasteiger partial charge in [-0.25, -0.2) is 9.37 Å². The fourth-order valence-corrected chi connectivity index (χ4v) is 1.95. The summed E-state index contributed by atoms with van der Waals surface area (Å²) in [5.74, 6) is 0.00956.